The minimum atomic E-state index is -0.457. The SMILES string of the molecule is COc1ccc(F)cc1C(=O)CSc1n[nH]c(CCC2CCCC2)n1. The van der Waals surface area contributed by atoms with Crippen molar-refractivity contribution in [3.05, 3.63) is 35.4 Å². The van der Waals surface area contributed by atoms with Crippen molar-refractivity contribution >= 4 is 17.5 Å². The monoisotopic (exact) mass is 363 g/mol. The van der Waals surface area contributed by atoms with Gasteiger partial charge in [-0.1, -0.05) is 37.4 Å². The van der Waals surface area contributed by atoms with Gasteiger partial charge in [-0.2, -0.15) is 0 Å². The number of H-pyrrole nitrogens is 1. The van der Waals surface area contributed by atoms with Crippen LogP contribution in [-0.4, -0.2) is 33.8 Å². The highest BCUT2D eigenvalue weighted by atomic mass is 32.2. The van der Waals surface area contributed by atoms with Crippen LogP contribution < -0.4 is 4.74 Å². The molecule has 0 saturated heterocycles. The number of carbonyl (C=O) groups is 1. The van der Waals surface area contributed by atoms with E-state index in [-0.39, 0.29) is 17.1 Å². The third-order valence-corrected chi connectivity index (χ3v) is 5.42. The number of aromatic amines is 1. The van der Waals surface area contributed by atoms with Gasteiger partial charge in [-0.15, -0.1) is 5.10 Å². The number of aryl methyl sites for hydroxylation is 1. The third kappa shape index (κ3) is 4.81. The smallest absolute Gasteiger partial charge is 0.208 e. The van der Waals surface area contributed by atoms with E-state index in [9.17, 15) is 9.18 Å². The van der Waals surface area contributed by atoms with E-state index in [0.717, 1.165) is 24.6 Å². The van der Waals surface area contributed by atoms with Gasteiger partial charge in [0.25, 0.3) is 0 Å². The lowest BCUT2D eigenvalue weighted by molar-refractivity contribution is 0.101. The second-order valence-electron chi connectivity index (χ2n) is 6.31. The minimum Gasteiger partial charge on any atom is -0.496 e. The van der Waals surface area contributed by atoms with Crippen LogP contribution in [0.3, 0.4) is 0 Å². The first kappa shape index (κ1) is 17.9. The van der Waals surface area contributed by atoms with Crippen LogP contribution in [0.25, 0.3) is 0 Å². The Morgan fingerprint density at radius 2 is 2.20 bits per heavy atom. The highest BCUT2D eigenvalue weighted by molar-refractivity contribution is 7.99. The fourth-order valence-corrected chi connectivity index (χ4v) is 3.90. The number of nitrogens with one attached hydrogen (secondary N) is 1. The molecule has 1 aliphatic rings. The number of ether oxygens (including phenoxy) is 1. The van der Waals surface area contributed by atoms with Gasteiger partial charge in [0, 0.05) is 6.42 Å². The summed E-state index contributed by atoms with van der Waals surface area (Å²) in [5.74, 6) is 1.52. The summed E-state index contributed by atoms with van der Waals surface area (Å²) in [5.41, 5.74) is 0.243. The van der Waals surface area contributed by atoms with E-state index in [0.29, 0.717) is 10.9 Å². The third-order valence-electron chi connectivity index (χ3n) is 4.57. The highest BCUT2D eigenvalue weighted by Crippen LogP contribution is 2.28. The summed E-state index contributed by atoms with van der Waals surface area (Å²) in [4.78, 5) is 16.8. The largest absolute Gasteiger partial charge is 0.496 e. The Bertz CT molecular complexity index is 729. The Balaban J connectivity index is 1.53. The topological polar surface area (TPSA) is 67.9 Å². The van der Waals surface area contributed by atoms with Crippen LogP contribution in [-0.2, 0) is 6.42 Å². The summed E-state index contributed by atoms with van der Waals surface area (Å²) < 4.78 is 18.5. The first-order valence-electron chi connectivity index (χ1n) is 8.56. The molecule has 0 bridgehead atoms. The summed E-state index contributed by atoms with van der Waals surface area (Å²) in [5, 5.41) is 7.65. The minimum absolute atomic E-state index is 0.139. The molecule has 25 heavy (non-hydrogen) atoms. The fraction of sp³-hybridized carbons (Fsp3) is 0.500. The van der Waals surface area contributed by atoms with Crippen LogP contribution in [0.1, 0.15) is 48.3 Å². The number of methoxy groups -OCH3 is 1. The lowest BCUT2D eigenvalue weighted by Crippen LogP contribution is -2.06. The summed E-state index contributed by atoms with van der Waals surface area (Å²) in [6.07, 6.45) is 7.35. The van der Waals surface area contributed by atoms with E-state index in [2.05, 4.69) is 15.2 Å². The van der Waals surface area contributed by atoms with Crippen LogP contribution in [0.2, 0.25) is 0 Å². The molecule has 1 heterocycles. The molecule has 1 aromatic heterocycles. The first-order chi connectivity index (χ1) is 12.2. The average Bonchev–Trinajstić information content (AvgIpc) is 3.29. The highest BCUT2D eigenvalue weighted by Gasteiger charge is 2.17. The van der Waals surface area contributed by atoms with Gasteiger partial charge in [0.05, 0.1) is 18.4 Å². The quantitative estimate of drug-likeness (QED) is 0.566. The number of thioether (sulfide) groups is 1. The molecule has 2 aromatic rings. The van der Waals surface area contributed by atoms with Crippen LogP contribution in [0.15, 0.2) is 23.4 Å². The van der Waals surface area contributed by atoms with Crippen LogP contribution in [0.4, 0.5) is 4.39 Å². The van der Waals surface area contributed by atoms with E-state index >= 15 is 0 Å². The molecule has 3 rings (SSSR count). The number of aromatic nitrogens is 3. The molecule has 0 amide bonds. The van der Waals surface area contributed by atoms with Gasteiger partial charge in [0.15, 0.2) is 5.78 Å². The van der Waals surface area contributed by atoms with Crippen molar-refractivity contribution in [1.29, 1.82) is 0 Å². The number of benzene rings is 1. The molecule has 0 spiro atoms. The molecule has 1 aromatic carbocycles. The van der Waals surface area contributed by atoms with E-state index in [1.807, 2.05) is 0 Å². The van der Waals surface area contributed by atoms with Gasteiger partial charge in [-0.3, -0.25) is 9.89 Å². The Morgan fingerprint density at radius 3 is 2.96 bits per heavy atom. The summed E-state index contributed by atoms with van der Waals surface area (Å²) in [6, 6.07) is 3.93. The number of nitrogens with zero attached hydrogens (tertiary/aromatic N) is 2. The van der Waals surface area contributed by atoms with Crippen molar-refractivity contribution in [1.82, 2.24) is 15.2 Å². The molecule has 1 saturated carbocycles. The number of rotatable bonds is 8. The van der Waals surface area contributed by atoms with Crippen LogP contribution >= 0.6 is 11.8 Å². The molecular formula is C18H22FN3O2S. The molecule has 1 aliphatic carbocycles. The average molecular weight is 363 g/mol. The number of halogens is 1. The molecule has 0 atom stereocenters. The standard InChI is InChI=1S/C18H22FN3O2S/c1-24-16-8-7-13(19)10-14(16)15(23)11-25-18-20-17(21-22-18)9-6-12-4-2-3-5-12/h7-8,10,12H,2-6,9,11H2,1H3,(H,20,21,22). The zero-order chi connectivity index (χ0) is 17.6. The maximum atomic E-state index is 13.4. The first-order valence-corrected chi connectivity index (χ1v) is 9.55. The van der Waals surface area contributed by atoms with Crippen molar-refractivity contribution in [2.75, 3.05) is 12.9 Å². The van der Waals surface area contributed by atoms with Gasteiger partial charge in [0.2, 0.25) is 5.16 Å². The Labute approximate surface area is 150 Å². The summed E-state index contributed by atoms with van der Waals surface area (Å²) >= 11 is 1.25. The number of ketones is 1. The number of hydrogen-bond acceptors (Lipinski definition) is 5. The van der Waals surface area contributed by atoms with Gasteiger partial charge >= 0.3 is 0 Å². The van der Waals surface area contributed by atoms with Crippen molar-refractivity contribution in [2.45, 2.75) is 43.7 Å². The maximum absolute atomic E-state index is 13.4. The van der Waals surface area contributed by atoms with Gasteiger partial charge < -0.3 is 4.74 Å². The molecule has 0 radical (unpaired) electrons. The molecule has 1 N–H and O–H groups in total. The Hall–Kier alpha value is -1.89. The molecule has 7 heteroatoms. The summed E-state index contributed by atoms with van der Waals surface area (Å²) in [7, 11) is 1.46. The predicted octanol–water partition coefficient (Wildman–Crippen LogP) is 4.05. The van der Waals surface area contributed by atoms with Gasteiger partial charge in [-0.05, 0) is 30.5 Å². The zero-order valence-electron chi connectivity index (χ0n) is 14.3. The van der Waals surface area contributed by atoms with Crippen molar-refractivity contribution in [3.63, 3.8) is 0 Å². The lowest BCUT2D eigenvalue weighted by Gasteiger charge is -2.06. The molecule has 134 valence electrons. The van der Waals surface area contributed by atoms with E-state index in [4.69, 9.17) is 4.74 Å². The Morgan fingerprint density at radius 1 is 1.40 bits per heavy atom. The molecule has 5 nitrogen and oxygen atoms in total. The van der Waals surface area contributed by atoms with Crippen LogP contribution in [0.5, 0.6) is 5.75 Å². The molecule has 1 fully saturated rings. The van der Waals surface area contributed by atoms with E-state index in [1.54, 1.807) is 0 Å². The zero-order valence-corrected chi connectivity index (χ0v) is 15.1. The summed E-state index contributed by atoms with van der Waals surface area (Å²) in [6.45, 7) is 0. The van der Waals surface area contributed by atoms with E-state index < -0.39 is 5.82 Å². The number of hydrogen-bond donors (Lipinski definition) is 1. The second kappa shape index (κ2) is 8.47. The maximum Gasteiger partial charge on any atom is 0.208 e. The molecule has 0 unspecified atom stereocenters. The van der Waals surface area contributed by atoms with Crippen LogP contribution in [0, 0.1) is 11.7 Å². The number of Topliss-reactive ketones (excluding diaryl/α,β-unsaturated/α-hetero) is 1. The van der Waals surface area contributed by atoms with Crippen molar-refractivity contribution in [3.8, 4) is 5.75 Å². The normalized spacial score (nSPS) is 14.8. The lowest BCUT2D eigenvalue weighted by atomic mass is 10.0. The van der Waals surface area contributed by atoms with Gasteiger partial charge in [-0.25, -0.2) is 9.37 Å². The fourth-order valence-electron chi connectivity index (χ4n) is 3.20. The second-order valence-corrected chi connectivity index (χ2v) is 7.25. The number of carbonyl (C=O) groups excluding carboxylic acids is 1. The predicted molar refractivity (Wildman–Crippen MR) is 94.7 cm³/mol. The molecular weight excluding hydrogens is 341 g/mol. The van der Waals surface area contributed by atoms with Crippen molar-refractivity contribution in [2.24, 2.45) is 5.92 Å². The van der Waals surface area contributed by atoms with E-state index in [1.165, 1.54) is 62.8 Å². The molecule has 0 aliphatic heterocycles. The van der Waals surface area contributed by atoms with Crippen molar-refractivity contribution < 1.29 is 13.9 Å². The Kier molecular flexibility index (Phi) is 6.07. The van der Waals surface area contributed by atoms with Gasteiger partial charge in [0.1, 0.15) is 17.4 Å².